The first kappa shape index (κ1) is 21.5. The zero-order valence-corrected chi connectivity index (χ0v) is 19.1. The number of ether oxygens (including phenoxy) is 1. The fourth-order valence-corrected chi connectivity index (χ4v) is 5.56. The predicted molar refractivity (Wildman–Crippen MR) is 123 cm³/mol. The number of aromatic carboxylic acids is 1. The van der Waals surface area contributed by atoms with Gasteiger partial charge in [-0.3, -0.25) is 9.69 Å². The first-order valence-corrected chi connectivity index (χ1v) is 11.9. The number of benzene rings is 1. The topological polar surface area (TPSA) is 71.8 Å². The molecule has 0 bridgehead atoms. The number of hydrogen-bond acceptors (Lipinski definition) is 4. The lowest BCUT2D eigenvalue weighted by atomic mass is 9.95. The number of rotatable bonds is 7. The summed E-state index contributed by atoms with van der Waals surface area (Å²) in [6.07, 6.45) is 8.26. The highest BCUT2D eigenvalue weighted by atomic mass is 35.5. The van der Waals surface area contributed by atoms with Crippen molar-refractivity contribution in [2.75, 3.05) is 20.2 Å². The highest BCUT2D eigenvalue weighted by Gasteiger charge is 2.36. The molecule has 2 saturated carbocycles. The van der Waals surface area contributed by atoms with E-state index in [-0.39, 0.29) is 17.2 Å². The first-order valence-electron chi connectivity index (χ1n) is 11.5. The van der Waals surface area contributed by atoms with E-state index in [4.69, 9.17) is 21.4 Å². The molecule has 0 radical (unpaired) electrons. The van der Waals surface area contributed by atoms with Gasteiger partial charge in [0.1, 0.15) is 5.75 Å². The largest absolute Gasteiger partial charge is 0.495 e. The zero-order valence-electron chi connectivity index (χ0n) is 18.3. The van der Waals surface area contributed by atoms with Crippen LogP contribution in [0.4, 0.5) is 0 Å². The average molecular weight is 457 g/mol. The number of carbonyl (C=O) groups is 1. The summed E-state index contributed by atoms with van der Waals surface area (Å²) in [6.45, 7) is 2.51. The van der Waals surface area contributed by atoms with Gasteiger partial charge in [-0.25, -0.2) is 4.79 Å². The fourth-order valence-electron chi connectivity index (χ4n) is 5.10. The van der Waals surface area contributed by atoms with Gasteiger partial charge in [-0.1, -0.05) is 17.7 Å². The molecule has 1 aliphatic heterocycles. The Balaban J connectivity index is 1.31. The van der Waals surface area contributed by atoms with E-state index in [2.05, 4.69) is 11.0 Å². The van der Waals surface area contributed by atoms with E-state index >= 15 is 0 Å². The molecule has 3 aliphatic rings. The zero-order chi connectivity index (χ0) is 22.4. The number of halogens is 1. The number of likely N-dealkylation sites (tertiary alicyclic amines) is 1. The number of aromatic nitrogens is 1. The van der Waals surface area contributed by atoms with Crippen molar-refractivity contribution >= 4 is 17.6 Å². The summed E-state index contributed by atoms with van der Waals surface area (Å²) >= 11 is 6.88. The maximum Gasteiger partial charge on any atom is 0.335 e. The van der Waals surface area contributed by atoms with Crippen LogP contribution in [0.25, 0.3) is 0 Å². The van der Waals surface area contributed by atoms with Gasteiger partial charge in [-0.05, 0) is 67.6 Å². The van der Waals surface area contributed by atoms with E-state index in [1.165, 1.54) is 48.9 Å². The molecule has 7 heteroatoms. The highest BCUT2D eigenvalue weighted by Crippen LogP contribution is 2.54. The number of hydrogen-bond donors (Lipinski definition) is 1. The number of pyridine rings is 1. The van der Waals surface area contributed by atoms with Crippen LogP contribution in [-0.2, 0) is 6.54 Å². The second-order valence-electron chi connectivity index (χ2n) is 9.41. The van der Waals surface area contributed by atoms with Crippen molar-refractivity contribution in [2.24, 2.45) is 0 Å². The molecule has 2 heterocycles. The molecule has 32 heavy (non-hydrogen) atoms. The molecule has 1 aromatic carbocycles. The van der Waals surface area contributed by atoms with Crippen LogP contribution in [0, 0.1) is 0 Å². The van der Waals surface area contributed by atoms with E-state index in [0.717, 1.165) is 48.8 Å². The molecule has 1 saturated heterocycles. The minimum Gasteiger partial charge on any atom is -0.495 e. The molecular weight excluding hydrogens is 428 g/mol. The number of carboxylic acid groups (broad SMARTS) is 1. The molecule has 1 N–H and O–H groups in total. The quantitative estimate of drug-likeness (QED) is 0.647. The average Bonchev–Trinajstić information content (AvgIpc) is 3.68. The molecule has 0 unspecified atom stereocenters. The van der Waals surface area contributed by atoms with E-state index in [1.54, 1.807) is 17.9 Å². The van der Waals surface area contributed by atoms with Crippen LogP contribution in [0.3, 0.4) is 0 Å². The fraction of sp³-hybridized carbons (Fsp3) is 0.520. The number of methoxy groups -OCH3 is 1. The Morgan fingerprint density at radius 3 is 2.38 bits per heavy atom. The van der Waals surface area contributed by atoms with E-state index < -0.39 is 5.97 Å². The Bertz CT molecular complexity index is 1100. The van der Waals surface area contributed by atoms with Crippen LogP contribution in [0.2, 0.25) is 5.02 Å². The molecular formula is C25H29ClN2O4. The van der Waals surface area contributed by atoms with Gasteiger partial charge in [0, 0.05) is 43.5 Å². The molecule has 0 atom stereocenters. The Morgan fingerprint density at radius 2 is 1.81 bits per heavy atom. The van der Waals surface area contributed by atoms with Crippen molar-refractivity contribution < 1.29 is 14.6 Å². The van der Waals surface area contributed by atoms with Gasteiger partial charge < -0.3 is 14.4 Å². The van der Waals surface area contributed by atoms with Crippen molar-refractivity contribution in [2.45, 2.75) is 62.9 Å². The second-order valence-corrected chi connectivity index (χ2v) is 9.79. The second kappa shape index (κ2) is 8.56. The van der Waals surface area contributed by atoms with Gasteiger partial charge in [0.05, 0.1) is 17.7 Å². The molecule has 1 aromatic heterocycles. The van der Waals surface area contributed by atoms with Gasteiger partial charge in [0.15, 0.2) is 0 Å². The van der Waals surface area contributed by atoms with Gasteiger partial charge >= 0.3 is 5.97 Å². The van der Waals surface area contributed by atoms with Crippen molar-refractivity contribution in [1.29, 1.82) is 0 Å². The molecule has 0 spiro atoms. The summed E-state index contributed by atoms with van der Waals surface area (Å²) in [5.41, 5.74) is 3.71. The lowest BCUT2D eigenvalue weighted by molar-refractivity contribution is 0.0696. The SMILES string of the molecule is COc1c(CN2CCC(n3ccc(C(=O)O)cc3=O)CC2)cc(C2CC2)c(C2CC2)c1Cl. The highest BCUT2D eigenvalue weighted by molar-refractivity contribution is 6.33. The van der Waals surface area contributed by atoms with Crippen LogP contribution in [0.5, 0.6) is 5.75 Å². The first-order chi connectivity index (χ1) is 15.5. The summed E-state index contributed by atoms with van der Waals surface area (Å²) in [5.74, 6) is 0.997. The Labute approximate surface area is 192 Å². The van der Waals surface area contributed by atoms with Crippen molar-refractivity contribution in [3.63, 3.8) is 0 Å². The Morgan fingerprint density at radius 1 is 1.12 bits per heavy atom. The molecule has 0 amide bonds. The minimum absolute atomic E-state index is 0.0359. The van der Waals surface area contributed by atoms with Crippen LogP contribution < -0.4 is 10.3 Å². The number of carboxylic acids is 1. The Hall–Kier alpha value is -2.31. The minimum atomic E-state index is -1.07. The van der Waals surface area contributed by atoms with Crippen LogP contribution in [0.15, 0.2) is 29.2 Å². The molecule has 3 fully saturated rings. The number of nitrogens with zero attached hydrogens (tertiary/aromatic N) is 2. The lowest BCUT2D eigenvalue weighted by Gasteiger charge is -2.33. The smallest absolute Gasteiger partial charge is 0.335 e. The summed E-state index contributed by atoms with van der Waals surface area (Å²) in [4.78, 5) is 25.9. The van der Waals surface area contributed by atoms with Crippen LogP contribution in [-0.4, -0.2) is 40.7 Å². The van der Waals surface area contributed by atoms with E-state index in [9.17, 15) is 9.59 Å². The normalized spacial score (nSPS) is 19.8. The number of piperidine rings is 1. The van der Waals surface area contributed by atoms with E-state index in [0.29, 0.717) is 11.8 Å². The summed E-state index contributed by atoms with van der Waals surface area (Å²) < 4.78 is 7.45. The maximum absolute atomic E-state index is 12.4. The van der Waals surface area contributed by atoms with E-state index in [1.807, 2.05) is 0 Å². The molecule has 5 rings (SSSR count). The van der Waals surface area contributed by atoms with Gasteiger partial charge in [-0.2, -0.15) is 0 Å². The monoisotopic (exact) mass is 456 g/mol. The molecule has 2 aliphatic carbocycles. The van der Waals surface area contributed by atoms with Crippen molar-refractivity contribution in [1.82, 2.24) is 9.47 Å². The van der Waals surface area contributed by atoms with Crippen molar-refractivity contribution in [3.8, 4) is 5.75 Å². The molecule has 170 valence electrons. The summed E-state index contributed by atoms with van der Waals surface area (Å²) in [5, 5.41) is 9.90. The third-order valence-electron chi connectivity index (χ3n) is 7.11. The van der Waals surface area contributed by atoms with Crippen LogP contribution >= 0.6 is 11.6 Å². The van der Waals surface area contributed by atoms with Gasteiger partial charge in [0.2, 0.25) is 0 Å². The third-order valence-corrected chi connectivity index (χ3v) is 7.49. The maximum atomic E-state index is 12.4. The standard InChI is InChI=1S/C25H29ClN2O4/c1-32-24-18(12-20(15-2-3-15)22(23(24)26)16-4-5-16)14-27-9-7-19(8-10-27)28-11-6-17(25(30)31)13-21(28)29/h6,11-13,15-16,19H,2-5,7-10,14H2,1H3,(H,30,31). The van der Waals surface area contributed by atoms with Gasteiger partial charge in [-0.15, -0.1) is 0 Å². The van der Waals surface area contributed by atoms with Crippen molar-refractivity contribution in [3.05, 3.63) is 62.0 Å². The van der Waals surface area contributed by atoms with Crippen LogP contribution in [0.1, 0.15) is 83.5 Å². The lowest BCUT2D eigenvalue weighted by Crippen LogP contribution is -2.37. The Kier molecular flexibility index (Phi) is 5.76. The third kappa shape index (κ3) is 4.18. The molecule has 2 aromatic rings. The molecule has 6 nitrogen and oxygen atoms in total. The van der Waals surface area contributed by atoms with Gasteiger partial charge in [0.25, 0.3) is 5.56 Å². The summed E-state index contributed by atoms with van der Waals surface area (Å²) in [6, 6.07) is 5.15. The summed E-state index contributed by atoms with van der Waals surface area (Å²) in [7, 11) is 1.71. The predicted octanol–water partition coefficient (Wildman–Crippen LogP) is 4.80.